The maximum atomic E-state index is 11.4. The van der Waals surface area contributed by atoms with Gasteiger partial charge in [-0.2, -0.15) is 0 Å². The van der Waals surface area contributed by atoms with E-state index in [1.54, 1.807) is 0 Å². The van der Waals surface area contributed by atoms with Gasteiger partial charge in [0.15, 0.2) is 0 Å². The molecule has 0 saturated heterocycles. The summed E-state index contributed by atoms with van der Waals surface area (Å²) in [6.45, 7) is 9.85. The smallest absolute Gasteiger partial charge is 0.430 e. The first-order valence-corrected chi connectivity index (χ1v) is 5.63. The standard InChI is InChI=1S/C13H20O3/c1-5-9-15-12(14)16-11-10(2)7-6-8-13(11,3)4/h5H,1,6-9H2,2-4H3. The highest BCUT2D eigenvalue weighted by Crippen LogP contribution is 2.40. The molecule has 0 heterocycles. The second-order valence-electron chi connectivity index (χ2n) is 4.80. The van der Waals surface area contributed by atoms with Gasteiger partial charge in [0, 0.05) is 5.41 Å². The summed E-state index contributed by atoms with van der Waals surface area (Å²) in [5, 5.41) is 0. The molecule has 1 aliphatic rings. The second-order valence-corrected chi connectivity index (χ2v) is 4.80. The molecule has 0 radical (unpaired) electrons. The quantitative estimate of drug-likeness (QED) is 0.540. The van der Waals surface area contributed by atoms with Crippen molar-refractivity contribution >= 4 is 6.16 Å². The van der Waals surface area contributed by atoms with E-state index in [-0.39, 0.29) is 12.0 Å². The van der Waals surface area contributed by atoms with E-state index >= 15 is 0 Å². The summed E-state index contributed by atoms with van der Waals surface area (Å²) in [4.78, 5) is 11.4. The lowest BCUT2D eigenvalue weighted by atomic mass is 9.78. The van der Waals surface area contributed by atoms with Crippen molar-refractivity contribution in [1.29, 1.82) is 0 Å². The van der Waals surface area contributed by atoms with Crippen LogP contribution >= 0.6 is 0 Å². The molecule has 0 amide bonds. The number of rotatable bonds is 3. The van der Waals surface area contributed by atoms with Crippen molar-refractivity contribution in [2.24, 2.45) is 5.41 Å². The van der Waals surface area contributed by atoms with Crippen LogP contribution in [-0.2, 0) is 9.47 Å². The van der Waals surface area contributed by atoms with E-state index in [9.17, 15) is 4.79 Å². The SMILES string of the molecule is C=CCOC(=O)OC1=C(C)CCCC1(C)C. The van der Waals surface area contributed by atoms with Crippen molar-refractivity contribution in [2.45, 2.75) is 40.0 Å². The highest BCUT2D eigenvalue weighted by atomic mass is 16.7. The molecule has 0 saturated carbocycles. The van der Waals surface area contributed by atoms with E-state index in [1.807, 2.05) is 6.92 Å². The summed E-state index contributed by atoms with van der Waals surface area (Å²) in [5.41, 5.74) is 1.07. The molecule has 0 N–H and O–H groups in total. The van der Waals surface area contributed by atoms with Gasteiger partial charge in [0.25, 0.3) is 0 Å². The molecule has 3 heteroatoms. The lowest BCUT2D eigenvalue weighted by molar-refractivity contribution is 0.0647. The van der Waals surface area contributed by atoms with Crippen LogP contribution < -0.4 is 0 Å². The fourth-order valence-corrected chi connectivity index (χ4v) is 2.07. The van der Waals surface area contributed by atoms with Gasteiger partial charge >= 0.3 is 6.16 Å². The molecule has 0 atom stereocenters. The number of carbonyl (C=O) groups is 1. The van der Waals surface area contributed by atoms with Crippen molar-refractivity contribution < 1.29 is 14.3 Å². The maximum Gasteiger partial charge on any atom is 0.513 e. The predicted molar refractivity (Wildman–Crippen MR) is 63.0 cm³/mol. The van der Waals surface area contributed by atoms with E-state index in [2.05, 4.69) is 20.4 Å². The first-order chi connectivity index (χ1) is 7.47. The minimum atomic E-state index is -0.635. The highest BCUT2D eigenvalue weighted by Gasteiger charge is 2.32. The highest BCUT2D eigenvalue weighted by molar-refractivity contribution is 5.62. The Morgan fingerprint density at radius 1 is 1.56 bits per heavy atom. The largest absolute Gasteiger partial charge is 0.513 e. The molecule has 16 heavy (non-hydrogen) atoms. The van der Waals surface area contributed by atoms with Crippen LogP contribution in [0.3, 0.4) is 0 Å². The fourth-order valence-electron chi connectivity index (χ4n) is 2.07. The average molecular weight is 224 g/mol. The molecule has 1 rings (SSSR count). The normalized spacial score (nSPS) is 19.2. The predicted octanol–water partition coefficient (Wildman–Crippen LogP) is 3.81. The fraction of sp³-hybridized carbons (Fsp3) is 0.615. The Balaban J connectivity index is 2.69. The second kappa shape index (κ2) is 5.19. The van der Waals surface area contributed by atoms with Gasteiger partial charge in [-0.1, -0.05) is 26.5 Å². The third-order valence-electron chi connectivity index (χ3n) is 2.86. The Hall–Kier alpha value is -1.25. The summed E-state index contributed by atoms with van der Waals surface area (Å²) in [6.07, 6.45) is 4.06. The van der Waals surface area contributed by atoms with Gasteiger partial charge in [0.1, 0.15) is 12.4 Å². The molecule has 0 fully saturated rings. The van der Waals surface area contributed by atoms with Crippen LogP contribution in [0.25, 0.3) is 0 Å². The van der Waals surface area contributed by atoms with Crippen LogP contribution in [0, 0.1) is 5.41 Å². The molecular weight excluding hydrogens is 204 g/mol. The Labute approximate surface area is 97.1 Å². The van der Waals surface area contributed by atoms with Gasteiger partial charge in [-0.25, -0.2) is 4.79 Å². The minimum absolute atomic E-state index is 0.0739. The Morgan fingerprint density at radius 2 is 2.25 bits per heavy atom. The van der Waals surface area contributed by atoms with E-state index in [0.29, 0.717) is 0 Å². The zero-order chi connectivity index (χ0) is 12.2. The van der Waals surface area contributed by atoms with Crippen molar-refractivity contribution in [3.8, 4) is 0 Å². The molecule has 0 aromatic rings. The zero-order valence-corrected chi connectivity index (χ0v) is 10.3. The van der Waals surface area contributed by atoms with Gasteiger partial charge in [-0.3, -0.25) is 0 Å². The maximum absolute atomic E-state index is 11.4. The molecular formula is C13H20O3. The summed E-state index contributed by atoms with van der Waals surface area (Å²) in [7, 11) is 0. The van der Waals surface area contributed by atoms with E-state index < -0.39 is 6.16 Å². The Kier molecular flexibility index (Phi) is 4.16. The van der Waals surface area contributed by atoms with Gasteiger partial charge in [-0.05, 0) is 31.8 Å². The van der Waals surface area contributed by atoms with E-state index in [4.69, 9.17) is 9.47 Å². The van der Waals surface area contributed by atoms with Crippen LogP contribution in [-0.4, -0.2) is 12.8 Å². The lowest BCUT2D eigenvalue weighted by Crippen LogP contribution is -2.24. The monoisotopic (exact) mass is 224 g/mol. The molecule has 0 aromatic heterocycles. The van der Waals surface area contributed by atoms with E-state index in [1.165, 1.54) is 6.08 Å². The Bertz CT molecular complexity index is 313. The molecule has 0 bridgehead atoms. The number of hydrogen-bond donors (Lipinski definition) is 0. The van der Waals surface area contributed by atoms with Crippen LogP contribution in [0.15, 0.2) is 24.0 Å². The van der Waals surface area contributed by atoms with Gasteiger partial charge in [-0.15, -0.1) is 0 Å². The lowest BCUT2D eigenvalue weighted by Gasteiger charge is -2.32. The molecule has 0 aliphatic heterocycles. The summed E-state index contributed by atoms with van der Waals surface area (Å²) >= 11 is 0. The third-order valence-corrected chi connectivity index (χ3v) is 2.86. The Morgan fingerprint density at radius 3 is 2.81 bits per heavy atom. The van der Waals surface area contributed by atoms with Crippen molar-refractivity contribution in [1.82, 2.24) is 0 Å². The molecule has 90 valence electrons. The topological polar surface area (TPSA) is 35.5 Å². The van der Waals surface area contributed by atoms with E-state index in [0.717, 1.165) is 30.6 Å². The minimum Gasteiger partial charge on any atom is -0.430 e. The van der Waals surface area contributed by atoms with Gasteiger partial charge in [0.2, 0.25) is 0 Å². The first-order valence-electron chi connectivity index (χ1n) is 5.63. The van der Waals surface area contributed by atoms with Crippen LogP contribution in [0.4, 0.5) is 4.79 Å². The van der Waals surface area contributed by atoms with Gasteiger partial charge in [0.05, 0.1) is 0 Å². The van der Waals surface area contributed by atoms with Crippen molar-refractivity contribution in [2.75, 3.05) is 6.61 Å². The summed E-state index contributed by atoms with van der Waals surface area (Å²) < 4.78 is 10.1. The van der Waals surface area contributed by atoms with Crippen molar-refractivity contribution in [3.63, 3.8) is 0 Å². The number of carbonyl (C=O) groups excluding carboxylic acids is 1. The number of allylic oxidation sites excluding steroid dienone is 2. The number of hydrogen-bond acceptors (Lipinski definition) is 3. The number of ether oxygens (including phenoxy) is 2. The third kappa shape index (κ3) is 3.12. The zero-order valence-electron chi connectivity index (χ0n) is 10.3. The molecule has 0 spiro atoms. The van der Waals surface area contributed by atoms with Crippen LogP contribution in [0.5, 0.6) is 0 Å². The molecule has 1 aliphatic carbocycles. The summed E-state index contributed by atoms with van der Waals surface area (Å²) in [6, 6.07) is 0. The van der Waals surface area contributed by atoms with Crippen molar-refractivity contribution in [3.05, 3.63) is 24.0 Å². The summed E-state index contributed by atoms with van der Waals surface area (Å²) in [5.74, 6) is 0.771. The average Bonchev–Trinajstić information content (AvgIpc) is 2.20. The van der Waals surface area contributed by atoms with Crippen LogP contribution in [0.1, 0.15) is 40.0 Å². The van der Waals surface area contributed by atoms with Gasteiger partial charge < -0.3 is 9.47 Å². The first kappa shape index (κ1) is 12.8. The molecule has 0 aromatic carbocycles. The van der Waals surface area contributed by atoms with Crippen LogP contribution in [0.2, 0.25) is 0 Å². The molecule has 0 unspecified atom stereocenters. The molecule has 3 nitrogen and oxygen atoms in total.